The molecule has 3 aliphatic carbocycles. The number of para-hydroxylation sites is 2. The molecule has 1 atom stereocenters. The zero-order valence-electron chi connectivity index (χ0n) is 46.4. The zero-order valence-corrected chi connectivity index (χ0v) is 41.4. The molecule has 356 valence electrons. The van der Waals surface area contributed by atoms with E-state index in [1.807, 2.05) is 24.3 Å². The second kappa shape index (κ2) is 17.4. The largest absolute Gasteiger partial charge is 0.310 e. The normalized spacial score (nSPS) is 15.7. The van der Waals surface area contributed by atoms with Gasteiger partial charge in [0.05, 0.1) is 23.4 Å². The van der Waals surface area contributed by atoms with Crippen molar-refractivity contribution in [2.75, 3.05) is 9.80 Å². The molecule has 0 fully saturated rings. The number of benzene rings is 12. The van der Waals surface area contributed by atoms with Gasteiger partial charge in [0.15, 0.2) is 0 Å². The highest BCUT2D eigenvalue weighted by molar-refractivity contribution is 5.99. The molecule has 2 heteroatoms. The Hall–Kier alpha value is -9.76. The van der Waals surface area contributed by atoms with Crippen LogP contribution in [0.25, 0.3) is 44.5 Å². The average Bonchev–Trinajstić information content (AvgIpc) is 4.17. The summed E-state index contributed by atoms with van der Waals surface area (Å²) in [6.45, 7) is 0. The predicted molar refractivity (Wildman–Crippen MR) is 315 cm³/mol. The van der Waals surface area contributed by atoms with Crippen molar-refractivity contribution in [3.8, 4) is 44.5 Å². The van der Waals surface area contributed by atoms with Gasteiger partial charge >= 0.3 is 0 Å². The SMILES string of the molecule is [2H]c1c([2H])c([2H])c(-c2ccc(N(c3ccc4c(c3)C3(c5ccccc5-c5ccc(N(c6ccccc6)c6ccccc6)cc53)c3ccccc3-4)c3cccc4c3C(c3ccccc3)(c3ccccc3)c3ccccc3-4)cc2)c([2H])c1[2H]. The van der Waals surface area contributed by atoms with E-state index in [1.54, 1.807) is 0 Å². The molecule has 12 aromatic rings. The first-order chi connectivity index (χ1) is 39.8. The average molecular weight is 972 g/mol. The summed E-state index contributed by atoms with van der Waals surface area (Å²) < 4.78 is 43.5. The molecule has 0 aliphatic heterocycles. The van der Waals surface area contributed by atoms with E-state index in [0.717, 1.165) is 67.5 Å². The van der Waals surface area contributed by atoms with Gasteiger partial charge in [-0.2, -0.15) is 0 Å². The second-order valence-electron chi connectivity index (χ2n) is 19.9. The summed E-state index contributed by atoms with van der Waals surface area (Å²) in [6.07, 6.45) is 0. The molecule has 0 saturated carbocycles. The molecule has 0 bridgehead atoms. The Morgan fingerprint density at radius 1 is 0.263 bits per heavy atom. The molecular weight excluding hydrogens is 917 g/mol. The molecule has 2 nitrogen and oxygen atoms in total. The van der Waals surface area contributed by atoms with Crippen molar-refractivity contribution in [3.63, 3.8) is 0 Å². The summed E-state index contributed by atoms with van der Waals surface area (Å²) in [7, 11) is 0. The first kappa shape index (κ1) is 38.8. The van der Waals surface area contributed by atoms with Crippen molar-refractivity contribution < 1.29 is 6.85 Å². The molecule has 12 aromatic carbocycles. The summed E-state index contributed by atoms with van der Waals surface area (Å²) >= 11 is 0. The number of rotatable bonds is 9. The van der Waals surface area contributed by atoms with E-state index in [2.05, 4.69) is 259 Å². The number of hydrogen-bond acceptors (Lipinski definition) is 2. The Morgan fingerprint density at radius 2 is 0.658 bits per heavy atom. The Bertz CT molecular complexity index is 4350. The van der Waals surface area contributed by atoms with E-state index in [4.69, 9.17) is 6.85 Å². The van der Waals surface area contributed by atoms with Gasteiger partial charge in [0.25, 0.3) is 0 Å². The van der Waals surface area contributed by atoms with Crippen molar-refractivity contribution in [3.05, 3.63) is 348 Å². The van der Waals surface area contributed by atoms with E-state index in [-0.39, 0.29) is 29.7 Å². The van der Waals surface area contributed by atoms with Crippen molar-refractivity contribution in [1.29, 1.82) is 0 Å². The van der Waals surface area contributed by atoms with Crippen molar-refractivity contribution in [1.82, 2.24) is 0 Å². The minimum Gasteiger partial charge on any atom is -0.310 e. The standard InChI is InChI=1S/C74H50N2/c1-6-23-51(24-7-1)52-41-43-57(44-42-52)76(71-40-22-36-65-62-35-18-19-37-66(62)73(72(65)71,53-25-8-2-9-26-53)54-27-10-3-11-28-54)59-46-48-64-61-34-17-21-39-68(61)74(70(64)50-59)67-38-20-16-33-60(67)63-47-45-58(49-69(63)74)75(55-29-12-4-13-30-55)56-31-14-5-15-32-56/h1-50H/i1D,6D,7D,23D,24D. The molecule has 0 amide bonds. The van der Waals surface area contributed by atoms with Crippen LogP contribution in [0.2, 0.25) is 0 Å². The summed E-state index contributed by atoms with van der Waals surface area (Å²) in [6, 6.07) is 96.6. The molecule has 1 spiro atoms. The molecule has 0 N–H and O–H groups in total. The van der Waals surface area contributed by atoms with Gasteiger partial charge in [-0.1, -0.05) is 236 Å². The molecule has 76 heavy (non-hydrogen) atoms. The minimum atomic E-state index is -0.756. The van der Waals surface area contributed by atoms with E-state index in [9.17, 15) is 0 Å². The van der Waals surface area contributed by atoms with Crippen LogP contribution in [0.15, 0.2) is 303 Å². The molecule has 0 saturated heterocycles. The topological polar surface area (TPSA) is 6.48 Å². The van der Waals surface area contributed by atoms with Crippen molar-refractivity contribution in [2.45, 2.75) is 10.8 Å². The lowest BCUT2D eigenvalue weighted by Crippen LogP contribution is -2.30. The van der Waals surface area contributed by atoms with E-state index >= 15 is 0 Å². The van der Waals surface area contributed by atoms with Crippen LogP contribution in [0, 0.1) is 0 Å². The van der Waals surface area contributed by atoms with Crippen LogP contribution in [0.1, 0.15) is 51.4 Å². The van der Waals surface area contributed by atoms with Crippen LogP contribution in [-0.4, -0.2) is 0 Å². The van der Waals surface area contributed by atoms with Gasteiger partial charge in [-0.3, -0.25) is 0 Å². The van der Waals surface area contributed by atoms with Crippen LogP contribution in [-0.2, 0) is 10.8 Å². The second-order valence-corrected chi connectivity index (χ2v) is 19.9. The quantitative estimate of drug-likeness (QED) is 0.142. The Balaban J connectivity index is 1.02. The molecular formula is C74H50N2. The first-order valence-corrected chi connectivity index (χ1v) is 26.0. The van der Waals surface area contributed by atoms with Gasteiger partial charge < -0.3 is 9.80 Å². The fourth-order valence-corrected chi connectivity index (χ4v) is 13.3. The third-order valence-electron chi connectivity index (χ3n) is 16.2. The molecule has 1 unspecified atom stereocenters. The highest BCUT2D eigenvalue weighted by Crippen LogP contribution is 2.65. The van der Waals surface area contributed by atoms with Crippen LogP contribution in [0.3, 0.4) is 0 Å². The summed E-state index contributed by atoms with van der Waals surface area (Å²) in [5.74, 6) is 0. The van der Waals surface area contributed by atoms with E-state index in [1.165, 1.54) is 44.5 Å². The zero-order chi connectivity index (χ0) is 54.6. The van der Waals surface area contributed by atoms with Gasteiger partial charge in [0, 0.05) is 34.0 Å². The van der Waals surface area contributed by atoms with Gasteiger partial charge in [0.1, 0.15) is 0 Å². The van der Waals surface area contributed by atoms with E-state index < -0.39 is 16.9 Å². The fraction of sp³-hybridized carbons (Fsp3) is 0.0270. The van der Waals surface area contributed by atoms with Crippen LogP contribution < -0.4 is 9.80 Å². The number of anilines is 6. The Labute approximate surface area is 451 Å². The number of hydrogen-bond donors (Lipinski definition) is 0. The lowest BCUT2D eigenvalue weighted by atomic mass is 9.67. The van der Waals surface area contributed by atoms with Crippen molar-refractivity contribution >= 4 is 34.1 Å². The smallest absolute Gasteiger partial charge is 0.0734 e. The van der Waals surface area contributed by atoms with Gasteiger partial charge in [-0.05, 0) is 150 Å². The maximum atomic E-state index is 8.98. The molecule has 0 heterocycles. The first-order valence-electron chi connectivity index (χ1n) is 28.5. The molecule has 0 aromatic heterocycles. The maximum Gasteiger partial charge on any atom is 0.0734 e. The number of nitrogens with zero attached hydrogens (tertiary/aromatic N) is 2. The predicted octanol–water partition coefficient (Wildman–Crippen LogP) is 19.0. The third kappa shape index (κ3) is 6.34. The van der Waals surface area contributed by atoms with Crippen molar-refractivity contribution in [2.24, 2.45) is 0 Å². The van der Waals surface area contributed by atoms with Crippen LogP contribution in [0.5, 0.6) is 0 Å². The Morgan fingerprint density at radius 3 is 1.18 bits per heavy atom. The molecule has 3 aliphatic rings. The molecule has 0 radical (unpaired) electrons. The van der Waals surface area contributed by atoms with Crippen LogP contribution in [0.4, 0.5) is 34.1 Å². The summed E-state index contributed by atoms with van der Waals surface area (Å²) in [5.41, 5.74) is 21.6. The van der Waals surface area contributed by atoms with Gasteiger partial charge in [-0.15, -0.1) is 0 Å². The lowest BCUT2D eigenvalue weighted by molar-refractivity contribution is 0.767. The van der Waals surface area contributed by atoms with E-state index in [0.29, 0.717) is 5.56 Å². The van der Waals surface area contributed by atoms with Gasteiger partial charge in [0.2, 0.25) is 0 Å². The highest BCUT2D eigenvalue weighted by Gasteiger charge is 2.53. The lowest BCUT2D eigenvalue weighted by Gasteiger charge is -2.38. The maximum absolute atomic E-state index is 8.98. The molecule has 15 rings (SSSR count). The summed E-state index contributed by atoms with van der Waals surface area (Å²) in [5, 5.41) is 0. The van der Waals surface area contributed by atoms with Gasteiger partial charge in [-0.25, -0.2) is 0 Å². The highest BCUT2D eigenvalue weighted by atomic mass is 15.2. The number of fused-ring (bicyclic) bond motifs is 13. The fourth-order valence-electron chi connectivity index (χ4n) is 13.3. The van der Waals surface area contributed by atoms with Crippen LogP contribution >= 0.6 is 0 Å². The monoisotopic (exact) mass is 971 g/mol. The minimum absolute atomic E-state index is 0.163. The third-order valence-corrected chi connectivity index (χ3v) is 16.2. The Kier molecular flexibility index (Phi) is 8.91. The summed E-state index contributed by atoms with van der Waals surface area (Å²) in [4.78, 5) is 4.74.